The molecule has 3 heteroatoms. The summed E-state index contributed by atoms with van der Waals surface area (Å²) in [6.45, 7) is 0.781. The molecule has 17 heavy (non-hydrogen) atoms. The Bertz CT molecular complexity index is 397. The highest BCUT2D eigenvalue weighted by atomic mass is 16.5. The van der Waals surface area contributed by atoms with Crippen molar-refractivity contribution in [2.75, 3.05) is 6.61 Å². The minimum Gasteiger partial charge on any atom is -0.494 e. The van der Waals surface area contributed by atoms with Gasteiger partial charge in [-0.15, -0.1) is 0 Å². The maximum absolute atomic E-state index is 5.61. The van der Waals surface area contributed by atoms with E-state index in [9.17, 15) is 0 Å². The summed E-state index contributed by atoms with van der Waals surface area (Å²) in [7, 11) is 0. The molecule has 0 aliphatic carbocycles. The van der Waals surface area contributed by atoms with E-state index in [1.165, 1.54) is 0 Å². The molecule has 0 unspecified atom stereocenters. The van der Waals surface area contributed by atoms with Crippen LogP contribution in [0.1, 0.15) is 25.0 Å². The Balaban J connectivity index is 1.52. The number of nitrogens with zero attached hydrogens (tertiary/aromatic N) is 1. The minimum atomic E-state index is 0.781. The SMILES string of the molecule is c1ccc(OCCCCCc2ccon2)cc1. The highest BCUT2D eigenvalue weighted by Gasteiger charge is 1.97. The first kappa shape index (κ1) is 11.7. The van der Waals surface area contributed by atoms with Crippen LogP contribution in [0.5, 0.6) is 5.75 Å². The molecule has 1 aromatic heterocycles. The molecule has 0 radical (unpaired) electrons. The molecule has 0 aliphatic rings. The smallest absolute Gasteiger partial charge is 0.124 e. The number of ether oxygens (including phenoxy) is 1. The van der Waals surface area contributed by atoms with Crippen LogP contribution in [0.25, 0.3) is 0 Å². The Hall–Kier alpha value is -1.77. The van der Waals surface area contributed by atoms with Crippen LogP contribution in [0, 0.1) is 0 Å². The van der Waals surface area contributed by atoms with E-state index in [1.807, 2.05) is 36.4 Å². The van der Waals surface area contributed by atoms with Crippen molar-refractivity contribution in [2.24, 2.45) is 0 Å². The van der Waals surface area contributed by atoms with Crippen molar-refractivity contribution in [3.05, 3.63) is 48.4 Å². The standard InChI is InChI=1S/C14H17NO2/c1-4-8-14(9-5-1)16-11-6-2-3-7-13-10-12-17-15-13/h1,4-5,8-10,12H,2-3,6-7,11H2. The zero-order valence-electron chi connectivity index (χ0n) is 9.84. The lowest BCUT2D eigenvalue weighted by Crippen LogP contribution is -1.97. The van der Waals surface area contributed by atoms with E-state index in [4.69, 9.17) is 9.26 Å². The molecule has 0 saturated carbocycles. The molecule has 2 rings (SSSR count). The fraction of sp³-hybridized carbons (Fsp3) is 0.357. The Morgan fingerprint density at radius 1 is 1.00 bits per heavy atom. The third-order valence-electron chi connectivity index (χ3n) is 2.58. The largest absolute Gasteiger partial charge is 0.494 e. The van der Waals surface area contributed by atoms with Gasteiger partial charge in [0.2, 0.25) is 0 Å². The van der Waals surface area contributed by atoms with Gasteiger partial charge in [0.05, 0.1) is 12.3 Å². The van der Waals surface area contributed by atoms with Gasteiger partial charge in [-0.2, -0.15) is 0 Å². The first-order chi connectivity index (χ1) is 8.45. The molecular formula is C14H17NO2. The van der Waals surface area contributed by atoms with Crippen LogP contribution >= 0.6 is 0 Å². The number of aryl methyl sites for hydroxylation is 1. The van der Waals surface area contributed by atoms with Crippen LogP contribution in [0.4, 0.5) is 0 Å². The van der Waals surface area contributed by atoms with Gasteiger partial charge in [0.15, 0.2) is 0 Å². The van der Waals surface area contributed by atoms with Gasteiger partial charge in [-0.05, 0) is 37.8 Å². The summed E-state index contributed by atoms with van der Waals surface area (Å²) in [6, 6.07) is 11.8. The van der Waals surface area contributed by atoms with Gasteiger partial charge in [-0.3, -0.25) is 0 Å². The first-order valence-corrected chi connectivity index (χ1v) is 6.02. The quantitative estimate of drug-likeness (QED) is 0.684. The summed E-state index contributed by atoms with van der Waals surface area (Å²) in [5, 5.41) is 3.88. The molecule has 0 fully saturated rings. The zero-order chi connectivity index (χ0) is 11.8. The molecule has 90 valence electrons. The lowest BCUT2D eigenvalue weighted by atomic mass is 10.1. The summed E-state index contributed by atoms with van der Waals surface area (Å²) >= 11 is 0. The number of aromatic nitrogens is 1. The van der Waals surface area contributed by atoms with Crippen molar-refractivity contribution in [3.63, 3.8) is 0 Å². The summed E-state index contributed by atoms with van der Waals surface area (Å²) in [6.07, 6.45) is 5.97. The summed E-state index contributed by atoms with van der Waals surface area (Å²) in [5.41, 5.74) is 1.04. The van der Waals surface area contributed by atoms with E-state index >= 15 is 0 Å². The van der Waals surface area contributed by atoms with Crippen molar-refractivity contribution in [1.82, 2.24) is 5.16 Å². The summed E-state index contributed by atoms with van der Waals surface area (Å²) in [4.78, 5) is 0. The molecule has 3 nitrogen and oxygen atoms in total. The van der Waals surface area contributed by atoms with E-state index in [2.05, 4.69) is 5.16 Å². The molecule has 1 heterocycles. The number of hydrogen-bond donors (Lipinski definition) is 0. The lowest BCUT2D eigenvalue weighted by molar-refractivity contribution is 0.305. The van der Waals surface area contributed by atoms with Crippen molar-refractivity contribution < 1.29 is 9.26 Å². The second-order valence-electron chi connectivity index (χ2n) is 3.96. The van der Waals surface area contributed by atoms with E-state index in [-0.39, 0.29) is 0 Å². The van der Waals surface area contributed by atoms with Gasteiger partial charge in [0.25, 0.3) is 0 Å². The summed E-state index contributed by atoms with van der Waals surface area (Å²) in [5.74, 6) is 0.948. The molecule has 0 atom stereocenters. The maximum Gasteiger partial charge on any atom is 0.124 e. The average molecular weight is 231 g/mol. The van der Waals surface area contributed by atoms with E-state index in [0.717, 1.165) is 43.7 Å². The first-order valence-electron chi connectivity index (χ1n) is 6.02. The molecule has 0 spiro atoms. The van der Waals surface area contributed by atoms with Crippen LogP contribution in [-0.2, 0) is 6.42 Å². The second-order valence-corrected chi connectivity index (χ2v) is 3.96. The number of rotatable bonds is 7. The van der Waals surface area contributed by atoms with Gasteiger partial charge in [-0.25, -0.2) is 0 Å². The van der Waals surface area contributed by atoms with Crippen LogP contribution in [0.15, 0.2) is 47.2 Å². The van der Waals surface area contributed by atoms with Crippen LogP contribution in [0.3, 0.4) is 0 Å². The zero-order valence-corrected chi connectivity index (χ0v) is 9.84. The number of hydrogen-bond acceptors (Lipinski definition) is 3. The van der Waals surface area contributed by atoms with Crippen LogP contribution < -0.4 is 4.74 Å². The Morgan fingerprint density at radius 3 is 2.65 bits per heavy atom. The molecule has 0 N–H and O–H groups in total. The number of unbranched alkanes of at least 4 members (excludes halogenated alkanes) is 2. The van der Waals surface area contributed by atoms with Crippen LogP contribution in [-0.4, -0.2) is 11.8 Å². The molecule has 0 aliphatic heterocycles. The Morgan fingerprint density at radius 2 is 1.88 bits per heavy atom. The lowest BCUT2D eigenvalue weighted by Gasteiger charge is -2.04. The molecular weight excluding hydrogens is 214 g/mol. The Kier molecular flexibility index (Phi) is 4.64. The van der Waals surface area contributed by atoms with Crippen LogP contribution in [0.2, 0.25) is 0 Å². The molecule has 1 aromatic carbocycles. The van der Waals surface area contributed by atoms with Crippen molar-refractivity contribution in [2.45, 2.75) is 25.7 Å². The highest BCUT2D eigenvalue weighted by Crippen LogP contribution is 2.10. The number of benzene rings is 1. The van der Waals surface area contributed by atoms with Crippen molar-refractivity contribution in [1.29, 1.82) is 0 Å². The second kappa shape index (κ2) is 6.74. The highest BCUT2D eigenvalue weighted by molar-refractivity contribution is 5.20. The average Bonchev–Trinajstić information content (AvgIpc) is 2.88. The van der Waals surface area contributed by atoms with Crippen molar-refractivity contribution in [3.8, 4) is 5.75 Å². The Labute approximate surface area is 101 Å². The summed E-state index contributed by atoms with van der Waals surface area (Å²) < 4.78 is 10.4. The fourth-order valence-electron chi connectivity index (χ4n) is 1.66. The normalized spacial score (nSPS) is 10.4. The predicted molar refractivity (Wildman–Crippen MR) is 66.0 cm³/mol. The van der Waals surface area contributed by atoms with E-state index in [1.54, 1.807) is 6.26 Å². The minimum absolute atomic E-state index is 0.781. The van der Waals surface area contributed by atoms with Gasteiger partial charge < -0.3 is 9.26 Å². The molecule has 0 amide bonds. The third-order valence-corrected chi connectivity index (χ3v) is 2.58. The van der Waals surface area contributed by atoms with Gasteiger partial charge in [-0.1, -0.05) is 23.4 Å². The van der Waals surface area contributed by atoms with Gasteiger partial charge >= 0.3 is 0 Å². The molecule has 0 bridgehead atoms. The molecule has 2 aromatic rings. The number of para-hydroxylation sites is 1. The van der Waals surface area contributed by atoms with E-state index < -0.39 is 0 Å². The monoisotopic (exact) mass is 231 g/mol. The van der Waals surface area contributed by atoms with E-state index in [0.29, 0.717) is 0 Å². The molecule has 0 saturated heterocycles. The maximum atomic E-state index is 5.61. The van der Waals surface area contributed by atoms with Crippen molar-refractivity contribution >= 4 is 0 Å². The fourth-order valence-corrected chi connectivity index (χ4v) is 1.66. The van der Waals surface area contributed by atoms with Gasteiger partial charge in [0, 0.05) is 6.07 Å². The third kappa shape index (κ3) is 4.31. The predicted octanol–water partition coefficient (Wildman–Crippen LogP) is 3.47. The topological polar surface area (TPSA) is 35.3 Å². The van der Waals surface area contributed by atoms with Gasteiger partial charge in [0.1, 0.15) is 12.0 Å².